The van der Waals surface area contributed by atoms with Crippen LogP contribution < -0.4 is 0 Å². The third kappa shape index (κ3) is 2.58. The standard InChI is InChI=1S/C23H19NO/c1-23(2,3)16-10-13-19-21(14-16)25-20-7-5-6-18(22(19)20)15-8-11-17(24-4)12-9-15/h5-14H,1-3H3. The van der Waals surface area contributed by atoms with E-state index in [4.69, 9.17) is 11.0 Å². The van der Waals surface area contributed by atoms with Crippen molar-refractivity contribution in [3.8, 4) is 11.1 Å². The Kier molecular flexibility index (Phi) is 3.40. The van der Waals surface area contributed by atoms with Gasteiger partial charge >= 0.3 is 0 Å². The van der Waals surface area contributed by atoms with Crippen molar-refractivity contribution < 1.29 is 4.42 Å². The lowest BCUT2D eigenvalue weighted by atomic mass is 9.86. The van der Waals surface area contributed by atoms with Gasteiger partial charge in [0.2, 0.25) is 0 Å². The first-order chi connectivity index (χ1) is 12.0. The van der Waals surface area contributed by atoms with E-state index in [9.17, 15) is 0 Å². The van der Waals surface area contributed by atoms with Gasteiger partial charge in [-0.1, -0.05) is 69.3 Å². The average molecular weight is 325 g/mol. The monoisotopic (exact) mass is 325 g/mol. The first kappa shape index (κ1) is 15.5. The summed E-state index contributed by atoms with van der Waals surface area (Å²) in [6.45, 7) is 13.7. The zero-order valence-electron chi connectivity index (χ0n) is 14.6. The predicted molar refractivity (Wildman–Crippen MR) is 104 cm³/mol. The summed E-state index contributed by atoms with van der Waals surface area (Å²) in [6, 6.07) is 20.4. The van der Waals surface area contributed by atoms with Crippen LogP contribution in [0, 0.1) is 6.57 Å². The van der Waals surface area contributed by atoms with Crippen LogP contribution in [-0.4, -0.2) is 0 Å². The van der Waals surface area contributed by atoms with Crippen LogP contribution in [0.3, 0.4) is 0 Å². The summed E-state index contributed by atoms with van der Waals surface area (Å²) in [7, 11) is 0. The van der Waals surface area contributed by atoms with Crippen molar-refractivity contribution in [2.24, 2.45) is 0 Å². The molecular weight excluding hydrogens is 306 g/mol. The Bertz CT molecular complexity index is 1120. The third-order valence-corrected chi connectivity index (χ3v) is 4.67. The molecule has 0 atom stereocenters. The second-order valence-electron chi connectivity index (χ2n) is 7.40. The van der Waals surface area contributed by atoms with E-state index < -0.39 is 0 Å². The van der Waals surface area contributed by atoms with Gasteiger partial charge < -0.3 is 4.42 Å². The van der Waals surface area contributed by atoms with Gasteiger partial charge in [0, 0.05) is 10.8 Å². The highest BCUT2D eigenvalue weighted by atomic mass is 16.3. The van der Waals surface area contributed by atoms with E-state index in [1.165, 1.54) is 5.56 Å². The van der Waals surface area contributed by atoms with Crippen LogP contribution in [0.25, 0.3) is 37.9 Å². The molecule has 0 saturated heterocycles. The molecule has 0 aliphatic carbocycles. The van der Waals surface area contributed by atoms with Crippen LogP contribution in [0.15, 0.2) is 65.1 Å². The predicted octanol–water partition coefficient (Wildman–Crippen LogP) is 7.10. The lowest BCUT2D eigenvalue weighted by molar-refractivity contribution is 0.587. The maximum Gasteiger partial charge on any atom is 0.187 e. The van der Waals surface area contributed by atoms with Crippen LogP contribution in [0.2, 0.25) is 0 Å². The van der Waals surface area contributed by atoms with E-state index in [2.05, 4.69) is 49.9 Å². The molecule has 0 amide bonds. The largest absolute Gasteiger partial charge is 0.456 e. The fourth-order valence-electron chi connectivity index (χ4n) is 3.25. The Morgan fingerprint density at radius 3 is 2.32 bits per heavy atom. The fraction of sp³-hybridized carbons (Fsp3) is 0.174. The number of fused-ring (bicyclic) bond motifs is 3. The molecule has 0 saturated carbocycles. The van der Waals surface area contributed by atoms with Gasteiger partial charge in [-0.15, -0.1) is 0 Å². The van der Waals surface area contributed by atoms with Gasteiger partial charge in [0.25, 0.3) is 0 Å². The Hall–Kier alpha value is -3.05. The molecule has 0 fully saturated rings. The van der Waals surface area contributed by atoms with Crippen LogP contribution in [-0.2, 0) is 5.41 Å². The topological polar surface area (TPSA) is 17.5 Å². The zero-order valence-corrected chi connectivity index (χ0v) is 14.6. The molecule has 0 aliphatic heterocycles. The molecule has 3 aromatic carbocycles. The van der Waals surface area contributed by atoms with E-state index in [1.807, 2.05) is 36.4 Å². The highest BCUT2D eigenvalue weighted by Gasteiger charge is 2.17. The van der Waals surface area contributed by atoms with Crippen molar-refractivity contribution >= 4 is 27.6 Å². The molecule has 2 heteroatoms. The highest BCUT2D eigenvalue weighted by molar-refractivity contribution is 6.12. The van der Waals surface area contributed by atoms with Gasteiger partial charge in [-0.25, -0.2) is 4.85 Å². The minimum absolute atomic E-state index is 0.0889. The van der Waals surface area contributed by atoms with Crippen molar-refractivity contribution in [1.29, 1.82) is 0 Å². The number of hydrogen-bond acceptors (Lipinski definition) is 1. The summed E-state index contributed by atoms with van der Waals surface area (Å²) in [5.74, 6) is 0. The molecule has 0 N–H and O–H groups in total. The molecule has 0 spiro atoms. The summed E-state index contributed by atoms with van der Waals surface area (Å²) < 4.78 is 6.15. The van der Waals surface area contributed by atoms with Crippen molar-refractivity contribution in [2.75, 3.05) is 0 Å². The highest BCUT2D eigenvalue weighted by Crippen LogP contribution is 2.38. The van der Waals surface area contributed by atoms with Crippen LogP contribution in [0.4, 0.5) is 5.69 Å². The van der Waals surface area contributed by atoms with Crippen LogP contribution in [0.5, 0.6) is 0 Å². The summed E-state index contributed by atoms with van der Waals surface area (Å²) in [4.78, 5) is 3.47. The number of benzene rings is 3. The fourth-order valence-corrected chi connectivity index (χ4v) is 3.25. The Morgan fingerprint density at radius 2 is 1.64 bits per heavy atom. The molecule has 0 unspecified atom stereocenters. The second kappa shape index (κ2) is 5.50. The van der Waals surface area contributed by atoms with Gasteiger partial charge in [-0.05, 0) is 34.2 Å². The normalized spacial score (nSPS) is 11.8. The van der Waals surface area contributed by atoms with Crippen molar-refractivity contribution in [3.63, 3.8) is 0 Å². The maximum atomic E-state index is 7.11. The Balaban J connectivity index is 1.98. The molecule has 2 nitrogen and oxygen atoms in total. The van der Waals surface area contributed by atoms with Gasteiger partial charge in [-0.3, -0.25) is 0 Å². The van der Waals surface area contributed by atoms with E-state index in [0.29, 0.717) is 5.69 Å². The molecule has 122 valence electrons. The molecule has 0 aliphatic rings. The third-order valence-electron chi connectivity index (χ3n) is 4.67. The Labute approximate surface area is 147 Å². The first-order valence-electron chi connectivity index (χ1n) is 8.41. The minimum Gasteiger partial charge on any atom is -0.456 e. The van der Waals surface area contributed by atoms with Crippen LogP contribution >= 0.6 is 0 Å². The number of rotatable bonds is 1. The van der Waals surface area contributed by atoms with Crippen molar-refractivity contribution in [1.82, 2.24) is 0 Å². The number of hydrogen-bond donors (Lipinski definition) is 0. The quantitative estimate of drug-likeness (QED) is 0.341. The van der Waals surface area contributed by atoms with Crippen molar-refractivity contribution in [3.05, 3.63) is 77.6 Å². The van der Waals surface area contributed by atoms with Crippen molar-refractivity contribution in [2.45, 2.75) is 26.2 Å². The smallest absolute Gasteiger partial charge is 0.187 e. The molecule has 4 rings (SSSR count). The molecule has 25 heavy (non-hydrogen) atoms. The Morgan fingerprint density at radius 1 is 0.880 bits per heavy atom. The number of furan rings is 1. The van der Waals surface area contributed by atoms with E-state index in [-0.39, 0.29) is 5.41 Å². The second-order valence-corrected chi connectivity index (χ2v) is 7.40. The SMILES string of the molecule is [C-]#[N+]c1ccc(-c2cccc3oc4cc(C(C)(C)C)ccc4c23)cc1. The van der Waals surface area contributed by atoms with Crippen LogP contribution in [0.1, 0.15) is 26.3 Å². The van der Waals surface area contributed by atoms with Gasteiger partial charge in [0.05, 0.1) is 6.57 Å². The van der Waals surface area contributed by atoms with Gasteiger partial charge in [0.1, 0.15) is 11.2 Å². The molecule has 0 radical (unpaired) electrons. The lowest BCUT2D eigenvalue weighted by Gasteiger charge is -2.18. The molecule has 0 bridgehead atoms. The van der Waals surface area contributed by atoms with E-state index in [1.54, 1.807) is 0 Å². The minimum atomic E-state index is 0.0889. The zero-order chi connectivity index (χ0) is 17.6. The first-order valence-corrected chi connectivity index (χ1v) is 8.41. The number of nitrogens with zero attached hydrogens (tertiary/aromatic N) is 1. The summed E-state index contributed by atoms with van der Waals surface area (Å²) in [5, 5.41) is 2.27. The molecule has 4 aromatic rings. The summed E-state index contributed by atoms with van der Waals surface area (Å²) in [5.41, 5.74) is 6.06. The molecular formula is C23H19NO. The summed E-state index contributed by atoms with van der Waals surface area (Å²) >= 11 is 0. The summed E-state index contributed by atoms with van der Waals surface area (Å²) in [6.07, 6.45) is 0. The molecule has 1 aromatic heterocycles. The van der Waals surface area contributed by atoms with E-state index in [0.717, 1.165) is 33.1 Å². The maximum absolute atomic E-state index is 7.11. The molecule has 1 heterocycles. The average Bonchev–Trinajstić information content (AvgIpc) is 2.99. The van der Waals surface area contributed by atoms with Gasteiger partial charge in [-0.2, -0.15) is 0 Å². The van der Waals surface area contributed by atoms with E-state index >= 15 is 0 Å². The lowest BCUT2D eigenvalue weighted by Crippen LogP contribution is -2.10. The van der Waals surface area contributed by atoms with Gasteiger partial charge in [0.15, 0.2) is 5.69 Å².